The zero-order valence-electron chi connectivity index (χ0n) is 10.5. The van der Waals surface area contributed by atoms with Gasteiger partial charge in [-0.25, -0.2) is 0 Å². The van der Waals surface area contributed by atoms with E-state index in [1.807, 2.05) is 30.3 Å². The Morgan fingerprint density at radius 1 is 1.25 bits per heavy atom. The first-order chi connectivity index (χ1) is 9.58. The number of carbonyl (C=O) groups excluding carboxylic acids is 2. The molecule has 1 aromatic carbocycles. The number of primary amides is 2. The molecule has 4 N–H and O–H groups in total. The Balaban J connectivity index is 2.30. The minimum absolute atomic E-state index is 0.277. The molecule has 1 unspecified atom stereocenters. The van der Waals surface area contributed by atoms with Gasteiger partial charge in [-0.2, -0.15) is 0 Å². The van der Waals surface area contributed by atoms with Gasteiger partial charge in [-0.15, -0.1) is 0 Å². The zero-order chi connectivity index (χ0) is 14.5. The van der Waals surface area contributed by atoms with Crippen LogP contribution >= 0.6 is 11.3 Å². The van der Waals surface area contributed by atoms with Gasteiger partial charge in [-0.1, -0.05) is 0 Å². The molecular formula is C13H13AsN3O2S. The maximum atomic E-state index is 11.1. The van der Waals surface area contributed by atoms with Crippen molar-refractivity contribution in [3.8, 4) is 0 Å². The second kappa shape index (κ2) is 6.68. The third-order valence-corrected chi connectivity index (χ3v) is 9.23. The van der Waals surface area contributed by atoms with Crippen LogP contribution in [0.25, 0.3) is 0 Å². The first-order valence-electron chi connectivity index (χ1n) is 5.78. The first-order valence-corrected chi connectivity index (χ1v) is 9.87. The van der Waals surface area contributed by atoms with Crippen molar-refractivity contribution in [2.75, 3.05) is 0 Å². The van der Waals surface area contributed by atoms with Gasteiger partial charge in [-0.3, -0.25) is 0 Å². The Bertz CT molecular complexity index is 615. The van der Waals surface area contributed by atoms with Crippen LogP contribution in [0.2, 0.25) is 5.21 Å². The summed E-state index contributed by atoms with van der Waals surface area (Å²) in [5.41, 5.74) is 10.7. The van der Waals surface area contributed by atoms with Gasteiger partial charge < -0.3 is 0 Å². The molecule has 0 spiro atoms. The molecule has 2 aromatic rings. The number of amides is 2. The number of hydrogen-bond acceptors (Lipinski definition) is 4. The van der Waals surface area contributed by atoms with Crippen molar-refractivity contribution < 1.29 is 9.59 Å². The van der Waals surface area contributed by atoms with Crippen molar-refractivity contribution in [1.29, 1.82) is 0 Å². The van der Waals surface area contributed by atoms with Gasteiger partial charge in [-0.05, 0) is 0 Å². The van der Waals surface area contributed by atoms with E-state index in [1.54, 1.807) is 5.38 Å². The molecule has 20 heavy (non-hydrogen) atoms. The molecule has 1 aromatic heterocycles. The molecule has 0 aliphatic rings. The van der Waals surface area contributed by atoms with Gasteiger partial charge in [0.25, 0.3) is 0 Å². The number of hydrogen-bond donors (Lipinski definition) is 2. The van der Waals surface area contributed by atoms with Crippen LogP contribution in [0, 0.1) is 6.42 Å². The van der Waals surface area contributed by atoms with Crippen LogP contribution in [0.4, 0.5) is 0 Å². The zero-order valence-corrected chi connectivity index (χ0v) is 13.2. The van der Waals surface area contributed by atoms with Crippen LogP contribution < -0.4 is 19.6 Å². The van der Waals surface area contributed by atoms with Gasteiger partial charge in [0.2, 0.25) is 0 Å². The second-order valence-electron chi connectivity index (χ2n) is 3.93. The molecule has 5 nitrogen and oxygen atoms in total. The van der Waals surface area contributed by atoms with E-state index in [0.717, 1.165) is 8.15 Å². The van der Waals surface area contributed by atoms with Crippen molar-refractivity contribution in [3.63, 3.8) is 0 Å². The van der Waals surface area contributed by atoms with Gasteiger partial charge >= 0.3 is 125 Å². The molecule has 1 heterocycles. The van der Waals surface area contributed by atoms with E-state index in [-0.39, 0.29) is 5.69 Å². The molecule has 103 valence electrons. The van der Waals surface area contributed by atoms with E-state index in [1.165, 1.54) is 17.8 Å². The molecule has 2 amide bonds. The van der Waals surface area contributed by atoms with Gasteiger partial charge in [0.15, 0.2) is 0 Å². The van der Waals surface area contributed by atoms with E-state index in [4.69, 9.17) is 11.5 Å². The van der Waals surface area contributed by atoms with E-state index in [2.05, 4.69) is 4.98 Å². The van der Waals surface area contributed by atoms with Crippen molar-refractivity contribution in [2.45, 2.75) is 5.21 Å². The van der Waals surface area contributed by atoms with Crippen LogP contribution in [-0.4, -0.2) is 31.4 Å². The molecule has 1 radical (unpaired) electrons. The predicted molar refractivity (Wildman–Crippen MR) is 80.4 cm³/mol. The van der Waals surface area contributed by atoms with Crippen molar-refractivity contribution in [3.05, 3.63) is 47.8 Å². The van der Waals surface area contributed by atoms with Crippen molar-refractivity contribution in [1.82, 2.24) is 4.98 Å². The van der Waals surface area contributed by atoms with Crippen LogP contribution in [0.5, 0.6) is 0 Å². The van der Waals surface area contributed by atoms with Crippen LogP contribution in [0.1, 0.15) is 10.5 Å². The van der Waals surface area contributed by atoms with Gasteiger partial charge in [0.1, 0.15) is 0 Å². The number of benzene rings is 1. The Morgan fingerprint density at radius 2 is 1.95 bits per heavy atom. The summed E-state index contributed by atoms with van der Waals surface area (Å²) in [5, 5.41) is 2.24. The average molecular weight is 350 g/mol. The number of thiazole rings is 1. The van der Waals surface area contributed by atoms with E-state index < -0.39 is 26.5 Å². The summed E-state index contributed by atoms with van der Waals surface area (Å²) < 4.78 is 2.04. The van der Waals surface area contributed by atoms with Crippen molar-refractivity contribution >= 4 is 45.9 Å². The molecule has 0 aliphatic carbocycles. The summed E-state index contributed by atoms with van der Waals surface area (Å²) in [4.78, 5) is 26.4. The Kier molecular flexibility index (Phi) is 4.93. The Hall–Kier alpha value is -1.65. The Morgan fingerprint density at radius 3 is 2.50 bits per heavy atom. The van der Waals surface area contributed by atoms with E-state index >= 15 is 0 Å². The van der Waals surface area contributed by atoms with E-state index in [9.17, 15) is 9.59 Å². The van der Waals surface area contributed by atoms with Crippen LogP contribution in [0.15, 0.2) is 35.7 Å². The summed E-state index contributed by atoms with van der Waals surface area (Å²) in [7, 11) is 0. The topological polar surface area (TPSA) is 99.1 Å². The summed E-state index contributed by atoms with van der Waals surface area (Å²) in [6.45, 7) is 0. The number of nitrogens with two attached hydrogens (primary N) is 2. The van der Waals surface area contributed by atoms with Gasteiger partial charge in [0, 0.05) is 0 Å². The van der Waals surface area contributed by atoms with Crippen LogP contribution in [0.3, 0.4) is 0 Å². The minimum atomic E-state index is -1.76. The molecule has 2 rings (SSSR count). The molecule has 1 atom stereocenters. The quantitative estimate of drug-likeness (QED) is 0.690. The number of carbonyl (C=O) groups is 2. The average Bonchev–Trinajstić information content (AvgIpc) is 2.90. The number of nitrogens with zero attached hydrogens (tertiary/aromatic N) is 1. The van der Waals surface area contributed by atoms with Crippen LogP contribution in [-0.2, 0) is 4.79 Å². The molecule has 7 heteroatoms. The van der Waals surface area contributed by atoms with Crippen molar-refractivity contribution in [2.24, 2.45) is 11.5 Å². The maximum absolute atomic E-state index is 11.1. The number of rotatable bonds is 6. The molecule has 0 aliphatic heterocycles. The summed E-state index contributed by atoms with van der Waals surface area (Å²) >= 11 is -0.349. The molecular weight excluding hydrogens is 337 g/mol. The fourth-order valence-electron chi connectivity index (χ4n) is 1.58. The normalized spacial score (nSPS) is 12.0. The molecule has 0 saturated carbocycles. The Labute approximate surface area is 125 Å². The third-order valence-electron chi connectivity index (χ3n) is 2.52. The SMILES string of the molecule is NC(=O)[CH]C[As](c1ccccc1)c1nc(C(N)=O)cs1. The standard InChI is InChI=1S/C13H13AsN3O2S/c15-11(18)6-7-14(9-4-2-1-3-5-9)13-17-10(8-20-13)12(16)19/h1-6,8H,7H2,(H2,15,18)(H2,16,19). The second-order valence-corrected chi connectivity index (χ2v) is 9.98. The summed E-state index contributed by atoms with van der Waals surface area (Å²) in [6, 6.07) is 9.86. The first kappa shape index (κ1) is 14.8. The summed E-state index contributed by atoms with van der Waals surface area (Å²) in [5.74, 6) is -0.972. The fraction of sp³-hybridized carbons (Fsp3) is 0.0769. The molecule has 0 saturated heterocycles. The summed E-state index contributed by atoms with van der Waals surface area (Å²) in [6.07, 6.45) is 1.48. The third kappa shape index (κ3) is 3.68. The monoisotopic (exact) mass is 350 g/mol. The molecule has 0 bridgehead atoms. The van der Waals surface area contributed by atoms with Gasteiger partial charge in [0.05, 0.1) is 0 Å². The number of aromatic nitrogens is 1. The molecule has 0 fully saturated rings. The predicted octanol–water partition coefficient (Wildman–Crippen LogP) is -0.459. The fourth-order valence-corrected chi connectivity index (χ4v) is 7.91. The van der Waals surface area contributed by atoms with E-state index in [0.29, 0.717) is 5.21 Å².